The van der Waals surface area contributed by atoms with Crippen LogP contribution in [0.15, 0.2) is 0 Å². The van der Waals surface area contributed by atoms with Gasteiger partial charge in [-0.2, -0.15) is 0 Å². The molecular weight excluding hydrogens is 186 g/mol. The van der Waals surface area contributed by atoms with Crippen molar-refractivity contribution in [2.75, 3.05) is 0 Å². The Bertz CT molecular complexity index is 161. The molecule has 0 saturated heterocycles. The van der Waals surface area contributed by atoms with E-state index in [1.807, 2.05) is 0 Å². The van der Waals surface area contributed by atoms with Crippen molar-refractivity contribution in [2.24, 2.45) is 11.8 Å². The van der Waals surface area contributed by atoms with Gasteiger partial charge < -0.3 is 5.11 Å². The van der Waals surface area contributed by atoms with Gasteiger partial charge in [0.25, 0.3) is 0 Å². The second kappa shape index (κ2) is 5.64. The first-order valence-corrected chi connectivity index (χ1v) is 5.59. The first-order valence-electron chi connectivity index (χ1n) is 5.59. The summed E-state index contributed by atoms with van der Waals surface area (Å²) in [4.78, 5) is 0. The largest absolute Gasteiger partial charge is 0.393 e. The number of aliphatic hydroxyl groups excluding tert-OH is 1. The van der Waals surface area contributed by atoms with Crippen LogP contribution in [0.4, 0.5) is 8.78 Å². The zero-order valence-corrected chi connectivity index (χ0v) is 8.76. The average molecular weight is 206 g/mol. The molecule has 0 aromatic heterocycles. The van der Waals surface area contributed by atoms with Gasteiger partial charge in [0, 0.05) is 6.42 Å². The van der Waals surface area contributed by atoms with Crippen LogP contribution in [0.1, 0.15) is 45.4 Å². The van der Waals surface area contributed by atoms with Crippen LogP contribution in [0.2, 0.25) is 0 Å². The summed E-state index contributed by atoms with van der Waals surface area (Å²) in [6.45, 7) is 2.12. The maximum atomic E-state index is 12.2. The maximum Gasteiger partial charge on any atom is 0.239 e. The Hall–Kier alpha value is -0.180. The standard InChI is InChI=1S/C11H20F2O/c1-2-3-8-4-5-10(14)9(6-8)7-11(12)13/h8-11,14H,2-7H2,1H3. The lowest BCUT2D eigenvalue weighted by Crippen LogP contribution is -2.30. The minimum absolute atomic E-state index is 0.124. The number of halogens is 2. The minimum Gasteiger partial charge on any atom is -0.393 e. The first kappa shape index (κ1) is 11.9. The molecule has 0 amide bonds. The highest BCUT2D eigenvalue weighted by Gasteiger charge is 2.30. The third-order valence-electron chi connectivity index (χ3n) is 3.23. The molecule has 1 nitrogen and oxygen atoms in total. The average Bonchev–Trinajstić information content (AvgIpc) is 2.10. The summed E-state index contributed by atoms with van der Waals surface area (Å²) in [6.07, 6.45) is 1.86. The molecule has 1 N–H and O–H groups in total. The SMILES string of the molecule is CCCC1CCC(O)C(CC(F)F)C1. The van der Waals surface area contributed by atoms with Crippen molar-refractivity contribution in [2.45, 2.75) is 58.0 Å². The van der Waals surface area contributed by atoms with Gasteiger partial charge in [-0.15, -0.1) is 0 Å². The van der Waals surface area contributed by atoms with Crippen molar-refractivity contribution in [1.29, 1.82) is 0 Å². The minimum atomic E-state index is -2.27. The van der Waals surface area contributed by atoms with Gasteiger partial charge in [-0.1, -0.05) is 19.8 Å². The monoisotopic (exact) mass is 206 g/mol. The molecule has 0 aliphatic heterocycles. The molecule has 1 aliphatic carbocycles. The van der Waals surface area contributed by atoms with Gasteiger partial charge in [-0.3, -0.25) is 0 Å². The van der Waals surface area contributed by atoms with Gasteiger partial charge in [0.2, 0.25) is 6.43 Å². The fraction of sp³-hybridized carbons (Fsp3) is 1.00. The van der Waals surface area contributed by atoms with Crippen LogP contribution in [-0.2, 0) is 0 Å². The van der Waals surface area contributed by atoms with E-state index < -0.39 is 12.5 Å². The quantitative estimate of drug-likeness (QED) is 0.748. The predicted molar refractivity (Wildman–Crippen MR) is 52.4 cm³/mol. The Labute approximate surface area is 84.5 Å². The molecule has 84 valence electrons. The van der Waals surface area contributed by atoms with Gasteiger partial charge in [0.1, 0.15) is 0 Å². The van der Waals surface area contributed by atoms with Gasteiger partial charge in [-0.05, 0) is 31.1 Å². The zero-order chi connectivity index (χ0) is 10.6. The van der Waals surface area contributed by atoms with Crippen molar-refractivity contribution in [3.05, 3.63) is 0 Å². The van der Waals surface area contributed by atoms with E-state index in [2.05, 4.69) is 6.92 Å². The summed E-state index contributed by atoms with van der Waals surface area (Å²) >= 11 is 0. The Balaban J connectivity index is 2.38. The molecule has 1 fully saturated rings. The summed E-state index contributed by atoms with van der Waals surface area (Å²) < 4.78 is 24.4. The van der Waals surface area contributed by atoms with Gasteiger partial charge in [0.15, 0.2) is 0 Å². The fourth-order valence-electron chi connectivity index (χ4n) is 2.50. The van der Waals surface area contributed by atoms with Crippen molar-refractivity contribution in [3.63, 3.8) is 0 Å². The first-order chi connectivity index (χ1) is 6.63. The van der Waals surface area contributed by atoms with E-state index in [0.29, 0.717) is 12.3 Å². The van der Waals surface area contributed by atoms with Gasteiger partial charge in [-0.25, -0.2) is 8.78 Å². The Kier molecular flexibility index (Phi) is 4.79. The Morgan fingerprint density at radius 1 is 1.36 bits per heavy atom. The molecule has 0 bridgehead atoms. The van der Waals surface area contributed by atoms with Crippen molar-refractivity contribution in [3.8, 4) is 0 Å². The van der Waals surface area contributed by atoms with Gasteiger partial charge in [0.05, 0.1) is 6.10 Å². The smallest absolute Gasteiger partial charge is 0.239 e. The normalized spacial score (nSPS) is 33.6. The summed E-state index contributed by atoms with van der Waals surface area (Å²) in [5.41, 5.74) is 0. The van der Waals surface area contributed by atoms with Crippen molar-refractivity contribution < 1.29 is 13.9 Å². The lowest BCUT2D eigenvalue weighted by Gasteiger charge is -2.33. The van der Waals surface area contributed by atoms with Crippen LogP contribution in [0.25, 0.3) is 0 Å². The lowest BCUT2D eigenvalue weighted by molar-refractivity contribution is 0.00670. The summed E-state index contributed by atoms with van der Waals surface area (Å²) in [6, 6.07) is 0. The second-order valence-electron chi connectivity index (χ2n) is 4.42. The van der Waals surface area contributed by atoms with E-state index in [0.717, 1.165) is 25.7 Å². The molecule has 3 heteroatoms. The van der Waals surface area contributed by atoms with Crippen LogP contribution < -0.4 is 0 Å². The van der Waals surface area contributed by atoms with E-state index >= 15 is 0 Å². The van der Waals surface area contributed by atoms with E-state index in [9.17, 15) is 13.9 Å². The van der Waals surface area contributed by atoms with Crippen molar-refractivity contribution in [1.82, 2.24) is 0 Å². The second-order valence-corrected chi connectivity index (χ2v) is 4.42. The van der Waals surface area contributed by atoms with Crippen LogP contribution in [0.3, 0.4) is 0 Å². The fourth-order valence-corrected chi connectivity index (χ4v) is 2.50. The molecule has 1 saturated carbocycles. The highest BCUT2D eigenvalue weighted by molar-refractivity contribution is 4.80. The number of alkyl halides is 2. The van der Waals surface area contributed by atoms with Gasteiger partial charge >= 0.3 is 0 Å². The molecule has 0 aromatic rings. The summed E-state index contributed by atoms with van der Waals surface area (Å²) in [5, 5.41) is 9.57. The number of hydrogen-bond donors (Lipinski definition) is 1. The van der Waals surface area contributed by atoms with Crippen molar-refractivity contribution >= 4 is 0 Å². The van der Waals surface area contributed by atoms with Crippen LogP contribution in [0, 0.1) is 11.8 Å². The third-order valence-corrected chi connectivity index (χ3v) is 3.23. The lowest BCUT2D eigenvalue weighted by atomic mass is 9.76. The van der Waals surface area contributed by atoms with Crippen LogP contribution in [-0.4, -0.2) is 17.6 Å². The van der Waals surface area contributed by atoms with E-state index in [4.69, 9.17) is 0 Å². The van der Waals surface area contributed by atoms with E-state index in [-0.39, 0.29) is 12.3 Å². The number of rotatable bonds is 4. The molecule has 14 heavy (non-hydrogen) atoms. The molecule has 3 atom stereocenters. The molecular formula is C11H20F2O. The number of aliphatic hydroxyl groups is 1. The Morgan fingerprint density at radius 2 is 2.07 bits per heavy atom. The summed E-state index contributed by atoms with van der Waals surface area (Å²) in [7, 11) is 0. The topological polar surface area (TPSA) is 20.2 Å². The Morgan fingerprint density at radius 3 is 2.64 bits per heavy atom. The number of hydrogen-bond acceptors (Lipinski definition) is 1. The molecule has 1 rings (SSSR count). The van der Waals surface area contributed by atoms with Crippen LogP contribution in [0.5, 0.6) is 0 Å². The van der Waals surface area contributed by atoms with E-state index in [1.54, 1.807) is 0 Å². The van der Waals surface area contributed by atoms with Crippen LogP contribution >= 0.6 is 0 Å². The molecule has 0 spiro atoms. The maximum absolute atomic E-state index is 12.2. The summed E-state index contributed by atoms with van der Waals surface area (Å²) in [5.74, 6) is 0.396. The highest BCUT2D eigenvalue weighted by Crippen LogP contribution is 2.35. The molecule has 0 aromatic carbocycles. The molecule has 0 radical (unpaired) electrons. The molecule has 0 heterocycles. The molecule has 3 unspecified atom stereocenters. The third kappa shape index (κ3) is 3.52. The van der Waals surface area contributed by atoms with E-state index in [1.165, 1.54) is 0 Å². The zero-order valence-electron chi connectivity index (χ0n) is 8.76. The predicted octanol–water partition coefficient (Wildman–Crippen LogP) is 3.22. The highest BCUT2D eigenvalue weighted by atomic mass is 19.3. The molecule has 1 aliphatic rings.